The number of hydrogen-bond donors (Lipinski definition) is 0. The molecule has 0 saturated heterocycles. The number of aromatic nitrogens is 6. The van der Waals surface area contributed by atoms with Gasteiger partial charge < -0.3 is 29.2 Å². The van der Waals surface area contributed by atoms with Crippen LogP contribution in [0.5, 0.6) is 11.5 Å². The van der Waals surface area contributed by atoms with Gasteiger partial charge in [-0.1, -0.05) is 72.1 Å². The Morgan fingerprint density at radius 2 is 0.486 bits per heavy atom. The van der Waals surface area contributed by atoms with Crippen molar-refractivity contribution in [3.8, 4) is 79.0 Å². The number of para-hydroxylation sites is 7. The molecule has 12 aromatic carbocycles. The zero-order valence-electron chi connectivity index (χ0n) is 81.5. The number of ether oxygens (including phenoxy) is 1. The maximum absolute atomic E-state index is 6.15. The van der Waals surface area contributed by atoms with E-state index in [9.17, 15) is 0 Å². The zero-order valence-corrected chi connectivity index (χ0v) is 87.3. The van der Waals surface area contributed by atoms with E-state index >= 15 is 0 Å². The Labute approximate surface area is 838 Å². The molecule has 6 aromatic heterocycles. The normalized spacial score (nSPS) is 12.7. The van der Waals surface area contributed by atoms with Gasteiger partial charge in [0.2, 0.25) is 22.8 Å². The quantitative estimate of drug-likeness (QED) is 0.119. The molecule has 0 bridgehead atoms. The fraction of sp³-hybridized carbons (Fsp3) is 0.150. The Hall–Kier alpha value is -13.8. The van der Waals surface area contributed by atoms with Gasteiger partial charge in [0.15, 0.2) is 36.3 Å². The van der Waals surface area contributed by atoms with Gasteiger partial charge in [-0.15, -0.1) is 0 Å². The number of benzene rings is 12. The molecule has 0 amide bonds. The van der Waals surface area contributed by atoms with E-state index in [4.69, 9.17) is 4.74 Å². The summed E-state index contributed by atoms with van der Waals surface area (Å²) in [4.78, 5) is 21.8. The molecule has 0 spiro atoms. The van der Waals surface area contributed by atoms with Crippen LogP contribution in [-0.2, 0) is 42.3 Å². The minimum absolute atomic E-state index is 0.355. The topological polar surface area (TPSA) is 52.0 Å². The fourth-order valence-corrected chi connectivity index (χ4v) is 27.6. The molecule has 18 aromatic rings. The van der Waals surface area contributed by atoms with E-state index in [1.54, 1.807) is 0 Å². The van der Waals surface area contributed by atoms with Crippen molar-refractivity contribution in [1.29, 1.82) is 0 Å². The molecule has 138 heavy (non-hydrogen) atoms. The van der Waals surface area contributed by atoms with Crippen LogP contribution in [0, 0.1) is 41.5 Å². The number of hydrogen-bond acceptors (Lipinski definition) is 10. The molecule has 6 aliphatic rings. The van der Waals surface area contributed by atoms with Gasteiger partial charge in [-0.25, -0.2) is 18.3 Å². The first-order valence-corrected chi connectivity index (χ1v) is 52.4. The van der Waals surface area contributed by atoms with E-state index in [0.29, 0.717) is 29.9 Å². The molecular formula is C120H114N12OS3Se2+6. The second-order valence-corrected chi connectivity index (χ2v) is 43.6. The van der Waals surface area contributed by atoms with Gasteiger partial charge in [0.05, 0.1) is 79.1 Å². The molecule has 684 valence electrons. The van der Waals surface area contributed by atoms with Gasteiger partial charge >= 0.3 is 285 Å². The number of aryl methyl sites for hydroxylation is 12. The Bertz CT molecular complexity index is 7400. The standard InChI is InChI=1S/C21H22N3.C20H19N2O.2C20H19N2S.C20H19N2Se.C19H16NSSe/c1-15-13-20-21(14-16(15)17-9-7-8-12-22(17)2)24(4)19-11-6-5-10-18(19)23(20)3;1-14-12-18-20(13-15(14)16-8-6-7-11-21(16)2)23-19-10-5-4-9-17(19)22(18)3;1-14-12-20-18(13-15(14)16-8-6-7-11-21(16)2)22(3)17-9-4-5-10-19(17)23-20;2*1-14-12-18-20(13-15(14)16-8-6-7-11-21(16)2)23-19-10-5-4-9-17(19)22(18)3;1-13-11-17-19(22-18-9-4-3-8-16(18)21-17)12-14(13)15-7-5-6-10-20(15)2/h5-14H,1-4H3;4*4-13H,1-3H3;3-12H,1-2H3/q6*+1. The third-order valence-corrected chi connectivity index (χ3v) is 35.3. The van der Waals surface area contributed by atoms with Crippen molar-refractivity contribution in [3.63, 3.8) is 0 Å². The van der Waals surface area contributed by atoms with Gasteiger partial charge in [-0.3, -0.25) is 0 Å². The van der Waals surface area contributed by atoms with Crippen molar-refractivity contribution in [3.05, 3.63) is 398 Å². The van der Waals surface area contributed by atoms with Crippen LogP contribution in [0.25, 0.3) is 67.5 Å². The van der Waals surface area contributed by atoms with Gasteiger partial charge in [0, 0.05) is 103 Å². The maximum atomic E-state index is 6.15. The van der Waals surface area contributed by atoms with E-state index in [1.165, 1.54) is 205 Å². The van der Waals surface area contributed by atoms with Crippen molar-refractivity contribution in [2.45, 2.75) is 70.9 Å². The summed E-state index contributed by atoms with van der Waals surface area (Å²) in [5, 5.41) is 0. The SMILES string of the molecule is Cc1cc2c(cc1-c1cccc[n+]1C)N(C)c1ccccc1N2C.Cc1cc2c(cc1-c1cccc[n+]1C)N(C)c1ccccc1S2.Cc1cc2c(cc1-c1cccc[n+]1C)Oc1ccccc1N2C.Cc1cc2c(cc1-c1cccc[n+]1C)Sc1ccccc1N2C.Cc1cc2c(cc1-c1cccc[n+]1C)[Se]c1ccccc1N2C.Cc1cc2c(cc1-c1cccc[n+]1C)[Se]c1ccccc1S2. The van der Waals surface area contributed by atoms with Gasteiger partial charge in [-0.2, -0.15) is 0 Å². The molecule has 0 N–H and O–H groups in total. The molecule has 0 saturated carbocycles. The number of pyridine rings is 6. The molecule has 6 aliphatic heterocycles. The molecule has 13 nitrogen and oxygen atoms in total. The summed E-state index contributed by atoms with van der Waals surface area (Å²) in [7, 11) is 25.4. The number of nitrogens with zero attached hydrogens (tertiary/aromatic N) is 12. The summed E-state index contributed by atoms with van der Waals surface area (Å²) < 4.78 is 25.1. The Morgan fingerprint density at radius 1 is 0.196 bits per heavy atom. The van der Waals surface area contributed by atoms with Gasteiger partial charge in [-0.05, 0) is 171 Å². The minimum atomic E-state index is 0.355. The summed E-state index contributed by atoms with van der Waals surface area (Å²) in [6.45, 7) is 13.2. The predicted molar refractivity (Wildman–Crippen MR) is 576 cm³/mol. The van der Waals surface area contributed by atoms with Crippen molar-refractivity contribution in [2.75, 3.05) is 71.7 Å². The van der Waals surface area contributed by atoms with Crippen LogP contribution in [0.3, 0.4) is 0 Å². The first-order valence-electron chi connectivity index (χ1n) is 46.5. The Kier molecular flexibility index (Phi) is 27.1. The third-order valence-electron chi connectivity index (χ3n) is 26.7. The molecule has 18 heteroatoms. The van der Waals surface area contributed by atoms with E-state index < -0.39 is 0 Å². The van der Waals surface area contributed by atoms with Crippen LogP contribution in [0.15, 0.2) is 394 Å². The Balaban J connectivity index is 0.000000106. The van der Waals surface area contributed by atoms with Gasteiger partial charge in [0.1, 0.15) is 28.2 Å². The average Bonchev–Trinajstić information content (AvgIpc) is 0.749. The summed E-state index contributed by atoms with van der Waals surface area (Å²) in [6, 6.07) is 117. The second-order valence-electron chi connectivity index (χ2n) is 35.8. The van der Waals surface area contributed by atoms with E-state index in [1.807, 2.05) is 59.6 Å². The summed E-state index contributed by atoms with van der Waals surface area (Å²) in [5.41, 5.74) is 38.0. The van der Waals surface area contributed by atoms with Crippen molar-refractivity contribution in [2.24, 2.45) is 42.3 Å². The number of anilines is 12. The molecule has 0 atom stereocenters. The fourth-order valence-electron chi connectivity index (χ4n) is 19.0. The number of fused-ring (bicyclic) bond motifs is 12. The molecule has 0 unspecified atom stereocenters. The van der Waals surface area contributed by atoms with Crippen LogP contribution < -0.4 is 79.4 Å². The van der Waals surface area contributed by atoms with Crippen LogP contribution in [-0.4, -0.2) is 72.2 Å². The summed E-state index contributed by atoms with van der Waals surface area (Å²) in [6.07, 6.45) is 12.6. The van der Waals surface area contributed by atoms with E-state index in [0.717, 1.165) is 22.9 Å². The first-order chi connectivity index (χ1) is 66.9. The Morgan fingerprint density at radius 3 is 0.964 bits per heavy atom. The average molecular weight is 1990 g/mol. The predicted octanol–water partition coefficient (Wildman–Crippen LogP) is 23.0. The first kappa shape index (κ1) is 93.3. The zero-order chi connectivity index (χ0) is 95.8. The van der Waals surface area contributed by atoms with Crippen LogP contribution >= 0.6 is 35.3 Å². The van der Waals surface area contributed by atoms with E-state index in [-0.39, 0.29) is 0 Å². The molecule has 24 rings (SSSR count). The van der Waals surface area contributed by atoms with Gasteiger partial charge in [0.25, 0.3) is 0 Å². The molecule has 0 aliphatic carbocycles. The monoisotopic (exact) mass is 1990 g/mol. The molecular weight excluding hydrogens is 1880 g/mol. The molecule has 0 fully saturated rings. The summed E-state index contributed by atoms with van der Waals surface area (Å²) in [5.74, 6) is 1.80. The van der Waals surface area contributed by atoms with Crippen molar-refractivity contribution in [1.82, 2.24) is 0 Å². The van der Waals surface area contributed by atoms with Crippen LogP contribution in [0.4, 0.5) is 68.2 Å². The number of rotatable bonds is 6. The van der Waals surface area contributed by atoms with E-state index in [2.05, 4.69) is 523 Å². The molecule has 12 heterocycles. The van der Waals surface area contributed by atoms with Crippen LogP contribution in [0.2, 0.25) is 0 Å². The second kappa shape index (κ2) is 40.1. The van der Waals surface area contributed by atoms with Crippen molar-refractivity contribution >= 4 is 151 Å². The van der Waals surface area contributed by atoms with Crippen molar-refractivity contribution < 1.29 is 32.1 Å². The van der Waals surface area contributed by atoms with Crippen LogP contribution in [0.1, 0.15) is 33.4 Å². The summed E-state index contributed by atoms with van der Waals surface area (Å²) >= 11 is 6.38. The third kappa shape index (κ3) is 18.7. The molecule has 0 radical (unpaired) electrons.